The molecule has 1 aromatic carbocycles. The molecular formula is C26H34N6. The Labute approximate surface area is 191 Å². The first kappa shape index (κ1) is 23.4. The Morgan fingerprint density at radius 1 is 1.03 bits per heavy atom. The number of pyridine rings is 1. The summed E-state index contributed by atoms with van der Waals surface area (Å²) in [5.74, 6) is 0.632. The number of imidazole rings is 1. The molecule has 6 heteroatoms. The fraction of sp³-hybridized carbons (Fsp3) is 0.346. The number of fused-ring (bicyclic) bond motifs is 1. The molecule has 1 unspecified atom stereocenters. The van der Waals surface area contributed by atoms with Crippen LogP contribution >= 0.6 is 0 Å². The van der Waals surface area contributed by atoms with Gasteiger partial charge in [-0.1, -0.05) is 56.7 Å². The molecule has 168 valence electrons. The van der Waals surface area contributed by atoms with Crippen LogP contribution in [0.5, 0.6) is 0 Å². The lowest BCUT2D eigenvalue weighted by Gasteiger charge is -2.28. The van der Waals surface area contributed by atoms with E-state index in [-0.39, 0.29) is 11.5 Å². The lowest BCUT2D eigenvalue weighted by molar-refractivity contribution is 0.358. The third-order valence-electron chi connectivity index (χ3n) is 5.58. The number of anilines is 1. The van der Waals surface area contributed by atoms with Gasteiger partial charge in [-0.3, -0.25) is 4.40 Å². The van der Waals surface area contributed by atoms with Crippen molar-refractivity contribution < 1.29 is 0 Å². The first-order valence-corrected chi connectivity index (χ1v) is 11.0. The number of nitrogens with zero attached hydrogens (tertiary/aromatic N) is 4. The number of nitrogens with two attached hydrogens (primary N) is 1. The molecular weight excluding hydrogens is 396 g/mol. The predicted octanol–water partition coefficient (Wildman–Crippen LogP) is 5.40. The van der Waals surface area contributed by atoms with E-state index in [1.165, 1.54) is 5.56 Å². The maximum absolute atomic E-state index is 5.73. The molecule has 32 heavy (non-hydrogen) atoms. The van der Waals surface area contributed by atoms with Gasteiger partial charge >= 0.3 is 0 Å². The number of hydrogen-bond donors (Lipinski definition) is 2. The van der Waals surface area contributed by atoms with Crippen molar-refractivity contribution in [2.45, 2.75) is 54.1 Å². The third-order valence-corrected chi connectivity index (χ3v) is 5.58. The van der Waals surface area contributed by atoms with Crippen LogP contribution < -0.4 is 11.1 Å². The first-order chi connectivity index (χ1) is 15.2. The third kappa shape index (κ3) is 5.71. The van der Waals surface area contributed by atoms with E-state index in [9.17, 15) is 0 Å². The molecule has 3 N–H and O–H groups in total. The fourth-order valence-electron chi connectivity index (χ4n) is 3.14. The molecule has 3 aromatic heterocycles. The SMILES string of the molecule is Cc1ccccc1.Cc1nc2cc(CN)ccn2c1-c1ccnc(NC(C)C(C)(C)C)n1. The molecule has 0 aliphatic heterocycles. The Kier molecular flexibility index (Phi) is 7.26. The molecule has 4 rings (SSSR count). The number of hydrogen-bond acceptors (Lipinski definition) is 5. The van der Waals surface area contributed by atoms with Crippen molar-refractivity contribution in [1.82, 2.24) is 19.4 Å². The van der Waals surface area contributed by atoms with Crippen molar-refractivity contribution >= 4 is 11.6 Å². The van der Waals surface area contributed by atoms with Crippen LogP contribution in [0.25, 0.3) is 17.0 Å². The molecule has 3 heterocycles. The molecule has 0 fully saturated rings. The van der Waals surface area contributed by atoms with Gasteiger partial charge in [-0.2, -0.15) is 0 Å². The van der Waals surface area contributed by atoms with Gasteiger partial charge in [0.25, 0.3) is 0 Å². The Bertz CT molecular complexity index is 1160. The van der Waals surface area contributed by atoms with Gasteiger partial charge < -0.3 is 11.1 Å². The lowest BCUT2D eigenvalue weighted by Crippen LogP contribution is -2.31. The number of aryl methyl sites for hydroxylation is 2. The standard InChI is InChI=1S/C19H26N6.C7H8/c1-12-17(25-9-7-14(11-20)10-16(25)22-12)15-6-8-21-18(24-15)23-13(2)19(3,4)5;1-7-5-3-2-4-6-7/h6-10,13H,11,20H2,1-5H3,(H,21,23,24);2-6H,1H3. The minimum Gasteiger partial charge on any atom is -0.351 e. The lowest BCUT2D eigenvalue weighted by atomic mass is 9.88. The fourth-order valence-corrected chi connectivity index (χ4v) is 3.14. The molecule has 0 bridgehead atoms. The van der Waals surface area contributed by atoms with Gasteiger partial charge in [-0.15, -0.1) is 0 Å². The molecule has 0 radical (unpaired) electrons. The number of rotatable bonds is 4. The molecule has 0 saturated carbocycles. The van der Waals surface area contributed by atoms with Crippen molar-refractivity contribution in [2.24, 2.45) is 11.1 Å². The average molecular weight is 431 g/mol. The summed E-state index contributed by atoms with van der Waals surface area (Å²) in [5.41, 5.74) is 11.9. The molecule has 0 aliphatic rings. The van der Waals surface area contributed by atoms with Gasteiger partial charge in [0, 0.05) is 25.0 Å². The van der Waals surface area contributed by atoms with E-state index in [0.29, 0.717) is 12.5 Å². The van der Waals surface area contributed by atoms with Crippen molar-refractivity contribution in [3.63, 3.8) is 0 Å². The quantitative estimate of drug-likeness (QED) is 0.453. The highest BCUT2D eigenvalue weighted by atomic mass is 15.1. The molecule has 4 aromatic rings. The molecule has 6 nitrogen and oxygen atoms in total. The van der Waals surface area contributed by atoms with E-state index in [4.69, 9.17) is 10.7 Å². The summed E-state index contributed by atoms with van der Waals surface area (Å²) in [6.45, 7) is 13.3. The molecule has 0 spiro atoms. The number of nitrogens with one attached hydrogen (secondary N) is 1. The van der Waals surface area contributed by atoms with Crippen LogP contribution in [-0.2, 0) is 6.54 Å². The maximum atomic E-state index is 5.73. The van der Waals surface area contributed by atoms with Crippen molar-refractivity contribution in [1.29, 1.82) is 0 Å². The Balaban J connectivity index is 0.000000352. The summed E-state index contributed by atoms with van der Waals surface area (Å²) in [7, 11) is 0. The predicted molar refractivity (Wildman–Crippen MR) is 133 cm³/mol. The second kappa shape index (κ2) is 9.92. The molecule has 1 atom stereocenters. The Morgan fingerprint density at radius 2 is 1.75 bits per heavy atom. The van der Waals surface area contributed by atoms with Crippen molar-refractivity contribution in [2.75, 3.05) is 5.32 Å². The minimum absolute atomic E-state index is 0.122. The molecule has 0 aliphatic carbocycles. The van der Waals surface area contributed by atoms with Gasteiger partial charge in [-0.25, -0.2) is 15.0 Å². The highest BCUT2D eigenvalue weighted by molar-refractivity contribution is 5.65. The van der Waals surface area contributed by atoms with E-state index < -0.39 is 0 Å². The van der Waals surface area contributed by atoms with Crippen LogP contribution in [0, 0.1) is 19.3 Å². The smallest absolute Gasteiger partial charge is 0.223 e. The number of benzene rings is 1. The van der Waals surface area contributed by atoms with E-state index in [1.807, 2.05) is 53.9 Å². The first-order valence-electron chi connectivity index (χ1n) is 11.0. The highest BCUT2D eigenvalue weighted by Gasteiger charge is 2.21. The van der Waals surface area contributed by atoms with Crippen molar-refractivity contribution in [3.8, 4) is 11.4 Å². The summed E-state index contributed by atoms with van der Waals surface area (Å²) in [6.07, 6.45) is 3.78. The normalized spacial score (nSPS) is 12.2. The monoisotopic (exact) mass is 430 g/mol. The van der Waals surface area contributed by atoms with Gasteiger partial charge in [0.05, 0.1) is 17.1 Å². The van der Waals surface area contributed by atoms with E-state index in [2.05, 4.69) is 62.0 Å². The summed E-state index contributed by atoms with van der Waals surface area (Å²) in [5, 5.41) is 3.40. The maximum Gasteiger partial charge on any atom is 0.223 e. The Hall–Kier alpha value is -3.25. The van der Waals surface area contributed by atoms with Crippen LogP contribution in [-0.4, -0.2) is 25.4 Å². The van der Waals surface area contributed by atoms with Crippen LogP contribution in [0.3, 0.4) is 0 Å². The molecule has 0 amide bonds. The molecule has 0 saturated heterocycles. The van der Waals surface area contributed by atoms with Crippen molar-refractivity contribution in [3.05, 3.63) is 77.7 Å². The van der Waals surface area contributed by atoms with E-state index in [0.717, 1.165) is 28.3 Å². The zero-order chi connectivity index (χ0) is 23.3. The second-order valence-electron chi connectivity index (χ2n) is 9.17. The van der Waals surface area contributed by atoms with Gasteiger partial charge in [0.15, 0.2) is 0 Å². The number of aromatic nitrogens is 4. The average Bonchev–Trinajstić information content (AvgIpc) is 3.09. The second-order valence-corrected chi connectivity index (χ2v) is 9.17. The topological polar surface area (TPSA) is 81.1 Å². The van der Waals surface area contributed by atoms with E-state index >= 15 is 0 Å². The zero-order valence-electron chi connectivity index (χ0n) is 19.9. The van der Waals surface area contributed by atoms with Crippen LogP contribution in [0.15, 0.2) is 60.9 Å². The highest BCUT2D eigenvalue weighted by Crippen LogP contribution is 2.26. The summed E-state index contributed by atoms with van der Waals surface area (Å²) in [4.78, 5) is 13.7. The van der Waals surface area contributed by atoms with Gasteiger partial charge in [0.1, 0.15) is 5.65 Å². The summed E-state index contributed by atoms with van der Waals surface area (Å²) >= 11 is 0. The Morgan fingerprint density at radius 3 is 2.34 bits per heavy atom. The zero-order valence-corrected chi connectivity index (χ0v) is 19.9. The van der Waals surface area contributed by atoms with E-state index in [1.54, 1.807) is 6.20 Å². The summed E-state index contributed by atoms with van der Waals surface area (Å²) in [6, 6.07) is 16.5. The van der Waals surface area contributed by atoms with Crippen LogP contribution in [0.4, 0.5) is 5.95 Å². The van der Waals surface area contributed by atoms with Crippen LogP contribution in [0.2, 0.25) is 0 Å². The van der Waals surface area contributed by atoms with Gasteiger partial charge in [-0.05, 0) is 49.9 Å². The van der Waals surface area contributed by atoms with Crippen LogP contribution in [0.1, 0.15) is 44.5 Å². The van der Waals surface area contributed by atoms with Gasteiger partial charge in [0.2, 0.25) is 5.95 Å². The summed E-state index contributed by atoms with van der Waals surface area (Å²) < 4.78 is 2.05. The largest absolute Gasteiger partial charge is 0.351 e. The minimum atomic E-state index is 0.122.